The van der Waals surface area contributed by atoms with E-state index in [0.717, 1.165) is 9.69 Å². The Labute approximate surface area is 93.8 Å². The molecule has 0 aliphatic heterocycles. The highest BCUT2D eigenvalue weighted by Crippen LogP contribution is 2.14. The molecule has 0 bridgehead atoms. The zero-order valence-corrected chi connectivity index (χ0v) is 9.77. The van der Waals surface area contributed by atoms with Crippen LogP contribution in [0.4, 0.5) is 0 Å². The van der Waals surface area contributed by atoms with Gasteiger partial charge in [-0.05, 0) is 24.3 Å². The Kier molecular flexibility index (Phi) is 2.61. The summed E-state index contributed by atoms with van der Waals surface area (Å²) < 4.78 is 24.8. The maximum atomic E-state index is 11.8. The molecule has 0 radical (unpaired) electrons. The van der Waals surface area contributed by atoms with E-state index in [0.29, 0.717) is 5.65 Å². The van der Waals surface area contributed by atoms with Crippen LogP contribution < -0.4 is 0 Å². The molecule has 0 aliphatic rings. The molecule has 0 N–H and O–H groups in total. The van der Waals surface area contributed by atoms with Crippen LogP contribution in [0.3, 0.4) is 0 Å². The Hall–Kier alpha value is -1.53. The van der Waals surface area contributed by atoms with E-state index in [-0.39, 0.29) is 5.03 Å². The molecule has 2 rings (SSSR count). The van der Waals surface area contributed by atoms with Crippen LogP contribution in [-0.4, -0.2) is 36.8 Å². The number of rotatable bonds is 2. The fraction of sp³-hybridized carbons (Fsp3) is 0.200. The lowest BCUT2D eigenvalue weighted by atomic mass is 10.3. The zero-order valence-electron chi connectivity index (χ0n) is 8.95. The monoisotopic (exact) mass is 237 g/mol. The third-order valence-corrected chi connectivity index (χ3v) is 3.90. The highest BCUT2D eigenvalue weighted by molar-refractivity contribution is 7.89. The molecule has 0 saturated heterocycles. The first-order valence-corrected chi connectivity index (χ1v) is 6.10. The van der Waals surface area contributed by atoms with Crippen LogP contribution in [0.1, 0.15) is 0 Å². The van der Waals surface area contributed by atoms with Crippen LogP contribution in [-0.2, 0) is 10.0 Å². The molecule has 2 heterocycles. The summed E-state index contributed by atoms with van der Waals surface area (Å²) in [6.07, 6.45) is 1.58. The van der Waals surface area contributed by atoms with Gasteiger partial charge in [-0.1, -0.05) is 0 Å². The summed E-state index contributed by atoms with van der Waals surface area (Å²) in [6.45, 7) is 0. The Bertz CT molecular complexity index is 623. The molecule has 0 saturated carbocycles. The van der Waals surface area contributed by atoms with Crippen molar-refractivity contribution in [1.82, 2.24) is 14.3 Å². The van der Waals surface area contributed by atoms with E-state index in [4.69, 9.17) is 0 Å². The van der Waals surface area contributed by atoms with Gasteiger partial charge in [0.1, 0.15) is 0 Å². The predicted molar refractivity (Wildman–Crippen MR) is 60.4 cm³/mol. The van der Waals surface area contributed by atoms with Gasteiger partial charge in [-0.2, -0.15) is 0 Å². The van der Waals surface area contributed by atoms with Gasteiger partial charge in [0, 0.05) is 25.7 Å². The molecular weight excluding hydrogens is 226 g/mol. The number of aromatic nitrogens is 2. The topological polar surface area (TPSA) is 63.2 Å². The van der Waals surface area contributed by atoms with Crippen molar-refractivity contribution in [3.05, 3.63) is 30.5 Å². The lowest BCUT2D eigenvalue weighted by molar-refractivity contribution is 0.517. The van der Waals surface area contributed by atoms with E-state index >= 15 is 0 Å². The highest BCUT2D eigenvalue weighted by atomic mass is 32.2. The number of hydrogen-bond acceptors (Lipinski definition) is 4. The normalized spacial score (nSPS) is 12.2. The second-order valence-corrected chi connectivity index (χ2v) is 5.59. The van der Waals surface area contributed by atoms with Crippen LogP contribution in [0.15, 0.2) is 35.5 Å². The van der Waals surface area contributed by atoms with Crippen molar-refractivity contribution in [3.63, 3.8) is 0 Å². The fourth-order valence-corrected chi connectivity index (χ4v) is 2.08. The van der Waals surface area contributed by atoms with Gasteiger partial charge in [0.2, 0.25) is 0 Å². The summed E-state index contributed by atoms with van der Waals surface area (Å²) in [5.74, 6) is 0. The number of nitrogens with zero attached hydrogens (tertiary/aromatic N) is 3. The van der Waals surface area contributed by atoms with Crippen molar-refractivity contribution in [2.24, 2.45) is 0 Å². The number of sulfonamides is 1. The van der Waals surface area contributed by atoms with Gasteiger partial charge in [0.05, 0.1) is 0 Å². The second-order valence-electron chi connectivity index (χ2n) is 3.49. The Morgan fingerprint density at radius 2 is 1.94 bits per heavy atom. The average molecular weight is 237 g/mol. The number of fused-ring (bicyclic) bond motifs is 1. The van der Waals surface area contributed by atoms with Crippen molar-refractivity contribution >= 4 is 21.1 Å². The summed E-state index contributed by atoms with van der Waals surface area (Å²) in [5, 5.41) is 0.837. The molecular formula is C10H11N3O2S. The summed E-state index contributed by atoms with van der Waals surface area (Å²) in [5.41, 5.74) is 0.436. The molecule has 84 valence electrons. The van der Waals surface area contributed by atoms with Crippen LogP contribution >= 0.6 is 0 Å². The molecule has 0 aromatic carbocycles. The largest absolute Gasteiger partial charge is 0.260 e. The third kappa shape index (κ3) is 1.77. The van der Waals surface area contributed by atoms with Crippen LogP contribution in [0.5, 0.6) is 0 Å². The average Bonchev–Trinajstić information content (AvgIpc) is 2.28. The molecule has 2 aromatic heterocycles. The van der Waals surface area contributed by atoms with Gasteiger partial charge in [-0.25, -0.2) is 22.7 Å². The van der Waals surface area contributed by atoms with E-state index in [1.165, 1.54) is 20.2 Å². The third-order valence-electron chi connectivity index (χ3n) is 2.18. The molecule has 0 spiro atoms. The second kappa shape index (κ2) is 3.80. The lowest BCUT2D eigenvalue weighted by Gasteiger charge is -2.10. The van der Waals surface area contributed by atoms with Crippen LogP contribution in [0.25, 0.3) is 11.0 Å². The van der Waals surface area contributed by atoms with Gasteiger partial charge in [0.15, 0.2) is 10.7 Å². The molecule has 2 aromatic rings. The Morgan fingerprint density at radius 1 is 1.19 bits per heavy atom. The van der Waals surface area contributed by atoms with Crippen molar-refractivity contribution < 1.29 is 8.42 Å². The van der Waals surface area contributed by atoms with Gasteiger partial charge >= 0.3 is 0 Å². The molecule has 0 unspecified atom stereocenters. The Balaban J connectivity index is 2.65. The molecule has 5 nitrogen and oxygen atoms in total. The van der Waals surface area contributed by atoms with Gasteiger partial charge in [0.25, 0.3) is 10.0 Å². The minimum atomic E-state index is -3.49. The quantitative estimate of drug-likeness (QED) is 0.777. The molecule has 16 heavy (non-hydrogen) atoms. The molecule has 0 fully saturated rings. The Morgan fingerprint density at radius 3 is 2.62 bits per heavy atom. The maximum Gasteiger partial charge on any atom is 0.260 e. The maximum absolute atomic E-state index is 11.8. The first-order chi connectivity index (χ1) is 7.51. The summed E-state index contributed by atoms with van der Waals surface area (Å²) in [4.78, 5) is 8.05. The van der Waals surface area contributed by atoms with Crippen molar-refractivity contribution in [2.45, 2.75) is 5.03 Å². The molecule has 6 heteroatoms. The first kappa shape index (κ1) is 11.0. The standard InChI is InChI=1S/C10H11N3O2S/c1-13(2)16(14,15)9-6-5-8-4-3-7-11-10(8)12-9/h3-7H,1-2H3. The van der Waals surface area contributed by atoms with E-state index in [2.05, 4.69) is 9.97 Å². The molecule has 0 aliphatic carbocycles. The fourth-order valence-electron chi connectivity index (χ4n) is 1.27. The number of hydrogen-bond donors (Lipinski definition) is 0. The van der Waals surface area contributed by atoms with E-state index < -0.39 is 10.0 Å². The SMILES string of the molecule is CN(C)S(=O)(=O)c1ccc2cccnc2n1. The lowest BCUT2D eigenvalue weighted by Crippen LogP contribution is -2.23. The van der Waals surface area contributed by atoms with Crippen LogP contribution in [0, 0.1) is 0 Å². The summed E-state index contributed by atoms with van der Waals surface area (Å²) in [7, 11) is -0.542. The minimum absolute atomic E-state index is 0.0173. The number of pyridine rings is 2. The van der Waals surface area contributed by atoms with E-state index in [9.17, 15) is 8.42 Å². The molecule has 0 amide bonds. The highest BCUT2D eigenvalue weighted by Gasteiger charge is 2.18. The zero-order chi connectivity index (χ0) is 11.8. The van der Waals surface area contributed by atoms with Crippen molar-refractivity contribution in [3.8, 4) is 0 Å². The van der Waals surface area contributed by atoms with Gasteiger partial charge < -0.3 is 0 Å². The van der Waals surface area contributed by atoms with Gasteiger partial charge in [-0.15, -0.1) is 0 Å². The summed E-state index contributed by atoms with van der Waals surface area (Å²) in [6, 6.07) is 6.80. The molecule has 0 atom stereocenters. The van der Waals surface area contributed by atoms with Crippen LogP contribution in [0.2, 0.25) is 0 Å². The van der Waals surface area contributed by atoms with Crippen molar-refractivity contribution in [1.29, 1.82) is 0 Å². The van der Waals surface area contributed by atoms with E-state index in [1.807, 2.05) is 6.07 Å². The minimum Gasteiger partial charge on any atom is -0.237 e. The predicted octanol–water partition coefficient (Wildman–Crippen LogP) is 0.880. The van der Waals surface area contributed by atoms with Gasteiger partial charge in [-0.3, -0.25) is 0 Å². The van der Waals surface area contributed by atoms with E-state index in [1.54, 1.807) is 18.3 Å². The smallest absolute Gasteiger partial charge is 0.237 e. The van der Waals surface area contributed by atoms with Crippen molar-refractivity contribution in [2.75, 3.05) is 14.1 Å². The summed E-state index contributed by atoms with van der Waals surface area (Å²) >= 11 is 0. The first-order valence-electron chi connectivity index (χ1n) is 4.66.